The van der Waals surface area contributed by atoms with Gasteiger partial charge in [0.25, 0.3) is 0 Å². The molecule has 0 amide bonds. The Morgan fingerprint density at radius 3 is 2.24 bits per heavy atom. The highest BCUT2D eigenvalue weighted by atomic mass is 16.3. The molecular formula is C30H48O4. The van der Waals surface area contributed by atoms with Crippen LogP contribution >= 0.6 is 0 Å². The normalized spacial score (nSPS) is 53.6. The van der Waals surface area contributed by atoms with Crippen LogP contribution in [0.15, 0.2) is 11.6 Å². The molecule has 0 aromatic carbocycles. The zero-order chi connectivity index (χ0) is 25.1. The summed E-state index contributed by atoms with van der Waals surface area (Å²) >= 11 is 0. The number of Topliss-reactive ketones (excluding diaryl/α,β-unsaturated/α-hetero) is 1. The summed E-state index contributed by atoms with van der Waals surface area (Å²) in [6, 6.07) is 0. The molecule has 5 aliphatic carbocycles. The number of hydrogen-bond acceptors (Lipinski definition) is 4. The lowest BCUT2D eigenvalue weighted by molar-refractivity contribution is -0.217. The van der Waals surface area contributed by atoms with Gasteiger partial charge in [-0.15, -0.1) is 0 Å². The molecular weight excluding hydrogens is 424 g/mol. The van der Waals surface area contributed by atoms with Gasteiger partial charge in [-0.3, -0.25) is 4.79 Å². The number of hydrogen-bond donors (Lipinski definition) is 3. The second kappa shape index (κ2) is 7.19. The smallest absolute Gasteiger partial charge is 0.139 e. The molecule has 0 bridgehead atoms. The topological polar surface area (TPSA) is 77.8 Å². The Morgan fingerprint density at radius 1 is 0.912 bits per heavy atom. The fraction of sp³-hybridized carbons (Fsp3) is 0.900. The minimum absolute atomic E-state index is 0.0480. The number of aliphatic hydroxyl groups is 3. The van der Waals surface area contributed by atoms with Gasteiger partial charge < -0.3 is 15.3 Å². The average molecular weight is 473 g/mol. The molecule has 5 aliphatic rings. The fourth-order valence-electron chi connectivity index (χ4n) is 10.5. The third-order valence-corrected chi connectivity index (χ3v) is 13.1. The number of allylic oxidation sites excluding steroid dienone is 2. The van der Waals surface area contributed by atoms with Crippen molar-refractivity contribution in [2.45, 2.75) is 112 Å². The van der Waals surface area contributed by atoms with Gasteiger partial charge >= 0.3 is 0 Å². The molecule has 9 atom stereocenters. The van der Waals surface area contributed by atoms with Crippen molar-refractivity contribution >= 4 is 5.78 Å². The van der Waals surface area contributed by atoms with Crippen LogP contribution < -0.4 is 0 Å². The van der Waals surface area contributed by atoms with Crippen molar-refractivity contribution in [2.75, 3.05) is 6.61 Å². The molecule has 0 aromatic rings. The van der Waals surface area contributed by atoms with Gasteiger partial charge in [-0.25, -0.2) is 0 Å². The first-order chi connectivity index (χ1) is 15.6. The molecule has 4 fully saturated rings. The van der Waals surface area contributed by atoms with Gasteiger partial charge in [0.15, 0.2) is 0 Å². The summed E-state index contributed by atoms with van der Waals surface area (Å²) in [5.74, 6) is 1.23. The van der Waals surface area contributed by atoms with Crippen molar-refractivity contribution < 1.29 is 20.1 Å². The van der Waals surface area contributed by atoms with Crippen molar-refractivity contribution in [3.63, 3.8) is 0 Å². The molecule has 0 spiro atoms. The van der Waals surface area contributed by atoms with Gasteiger partial charge in [0.1, 0.15) is 5.78 Å². The summed E-state index contributed by atoms with van der Waals surface area (Å²) in [5.41, 5.74) is 0.248. The molecule has 3 N–H and O–H groups in total. The van der Waals surface area contributed by atoms with Crippen LogP contribution in [0.3, 0.4) is 0 Å². The van der Waals surface area contributed by atoms with Crippen molar-refractivity contribution in [3.05, 3.63) is 11.6 Å². The quantitative estimate of drug-likeness (QED) is 0.453. The minimum atomic E-state index is -0.737. The summed E-state index contributed by atoms with van der Waals surface area (Å²) in [6.07, 6.45) is 8.40. The van der Waals surface area contributed by atoms with Gasteiger partial charge in [0, 0.05) is 17.3 Å². The van der Waals surface area contributed by atoms with E-state index in [2.05, 4.69) is 40.7 Å². The summed E-state index contributed by atoms with van der Waals surface area (Å²) < 4.78 is 0. The van der Waals surface area contributed by atoms with E-state index < -0.39 is 16.9 Å². The lowest BCUT2D eigenvalue weighted by Crippen LogP contribution is -2.67. The Labute approximate surface area is 206 Å². The van der Waals surface area contributed by atoms with Crippen molar-refractivity contribution in [2.24, 2.45) is 50.2 Å². The predicted octanol–water partition coefficient (Wildman–Crippen LogP) is 5.29. The van der Waals surface area contributed by atoms with Crippen molar-refractivity contribution in [1.29, 1.82) is 0 Å². The number of rotatable bonds is 1. The van der Waals surface area contributed by atoms with Crippen molar-refractivity contribution in [3.8, 4) is 0 Å². The van der Waals surface area contributed by atoms with Crippen LogP contribution in [0.25, 0.3) is 0 Å². The molecule has 0 aliphatic heterocycles. The fourth-order valence-corrected chi connectivity index (χ4v) is 10.5. The molecule has 4 heteroatoms. The monoisotopic (exact) mass is 472 g/mol. The molecule has 0 aromatic heterocycles. The Bertz CT molecular complexity index is 919. The number of ketones is 1. The SMILES string of the molecule is CC1(C)CC2C3=CCC4C5(C)CCC(O)C(C)(C)C5CCC4(C)C3(C)CC(O)C2(CO)CC1=O. The molecule has 192 valence electrons. The lowest BCUT2D eigenvalue weighted by Gasteiger charge is -2.71. The second-order valence-corrected chi connectivity index (χ2v) is 15.0. The van der Waals surface area contributed by atoms with E-state index in [1.165, 1.54) is 5.57 Å². The lowest BCUT2D eigenvalue weighted by atomic mass is 9.33. The largest absolute Gasteiger partial charge is 0.396 e. The van der Waals surface area contributed by atoms with E-state index in [0.29, 0.717) is 24.7 Å². The first-order valence-electron chi connectivity index (χ1n) is 13.8. The summed E-state index contributed by atoms with van der Waals surface area (Å²) in [6.45, 7) is 15.9. The summed E-state index contributed by atoms with van der Waals surface area (Å²) in [5, 5.41) is 33.2. The van der Waals surface area contributed by atoms with Gasteiger partial charge in [0.2, 0.25) is 0 Å². The van der Waals surface area contributed by atoms with Crippen LogP contribution in [-0.2, 0) is 4.79 Å². The Hall–Kier alpha value is -0.710. The van der Waals surface area contributed by atoms with Crippen LogP contribution in [0, 0.1) is 50.2 Å². The molecule has 34 heavy (non-hydrogen) atoms. The number of carbonyl (C=O) groups excluding carboxylic acids is 1. The highest BCUT2D eigenvalue weighted by Gasteiger charge is 2.70. The van der Waals surface area contributed by atoms with E-state index in [9.17, 15) is 20.1 Å². The second-order valence-electron chi connectivity index (χ2n) is 15.0. The summed E-state index contributed by atoms with van der Waals surface area (Å²) in [7, 11) is 0. The zero-order valence-electron chi connectivity index (χ0n) is 22.6. The van der Waals surface area contributed by atoms with E-state index in [1.54, 1.807) is 0 Å². The molecule has 4 saturated carbocycles. The first kappa shape index (κ1) is 25.0. The number of carbonyl (C=O) groups is 1. The number of fused-ring (bicyclic) bond motifs is 7. The van der Waals surface area contributed by atoms with E-state index in [0.717, 1.165) is 32.1 Å². The van der Waals surface area contributed by atoms with Gasteiger partial charge in [0.05, 0.1) is 18.8 Å². The maximum Gasteiger partial charge on any atom is 0.139 e. The van der Waals surface area contributed by atoms with Gasteiger partial charge in [-0.05, 0) is 84.4 Å². The average Bonchev–Trinajstić information content (AvgIpc) is 2.73. The van der Waals surface area contributed by atoms with Crippen LogP contribution in [-0.4, -0.2) is 39.9 Å². The molecule has 0 radical (unpaired) electrons. The zero-order valence-corrected chi connectivity index (χ0v) is 22.6. The highest BCUT2D eigenvalue weighted by molar-refractivity contribution is 5.86. The minimum Gasteiger partial charge on any atom is -0.396 e. The molecule has 0 heterocycles. The Kier molecular flexibility index (Phi) is 5.28. The third-order valence-electron chi connectivity index (χ3n) is 13.1. The molecule has 9 unspecified atom stereocenters. The van der Waals surface area contributed by atoms with E-state index >= 15 is 0 Å². The van der Waals surface area contributed by atoms with E-state index in [-0.39, 0.29) is 52.5 Å². The molecule has 0 saturated heterocycles. The van der Waals surface area contributed by atoms with E-state index in [4.69, 9.17) is 0 Å². The van der Waals surface area contributed by atoms with Crippen LogP contribution in [0.1, 0.15) is 99.8 Å². The molecule has 5 rings (SSSR count). The predicted molar refractivity (Wildman–Crippen MR) is 134 cm³/mol. The van der Waals surface area contributed by atoms with Crippen LogP contribution in [0.2, 0.25) is 0 Å². The number of aliphatic hydroxyl groups excluding tert-OH is 3. The maximum absolute atomic E-state index is 13.0. The van der Waals surface area contributed by atoms with E-state index in [1.807, 2.05) is 13.8 Å². The maximum atomic E-state index is 13.0. The molecule has 4 nitrogen and oxygen atoms in total. The van der Waals surface area contributed by atoms with Crippen LogP contribution in [0.4, 0.5) is 0 Å². The van der Waals surface area contributed by atoms with Gasteiger partial charge in [-0.2, -0.15) is 0 Å². The highest BCUT2D eigenvalue weighted by Crippen LogP contribution is 2.75. The Morgan fingerprint density at radius 2 is 1.59 bits per heavy atom. The third kappa shape index (κ3) is 2.80. The summed E-state index contributed by atoms with van der Waals surface area (Å²) in [4.78, 5) is 13.0. The first-order valence-corrected chi connectivity index (χ1v) is 13.8. The standard InChI is InChI=1S/C30H48O4/c1-25(2)14-19-18-8-9-21-27(5)12-11-22(32)26(3,4)20(27)10-13-28(21,6)29(18,7)15-24(34)30(19,17-31)16-23(25)33/h8,19-22,24,31-32,34H,9-17H2,1-7H3. The Balaban J connectivity index is 1.62. The van der Waals surface area contributed by atoms with Crippen molar-refractivity contribution in [1.82, 2.24) is 0 Å². The van der Waals surface area contributed by atoms with Crippen LogP contribution in [0.5, 0.6) is 0 Å². The van der Waals surface area contributed by atoms with Gasteiger partial charge in [-0.1, -0.05) is 60.1 Å².